The molecule has 0 bridgehead atoms. The average molecular weight is 280 g/mol. The van der Waals surface area contributed by atoms with E-state index in [0.29, 0.717) is 18.0 Å². The van der Waals surface area contributed by atoms with E-state index in [9.17, 15) is 0 Å². The van der Waals surface area contributed by atoms with Crippen LogP contribution in [-0.4, -0.2) is 28.9 Å². The first-order valence-corrected chi connectivity index (χ1v) is 7.00. The zero-order valence-corrected chi connectivity index (χ0v) is 12.4. The van der Waals surface area contributed by atoms with Crippen molar-refractivity contribution in [1.82, 2.24) is 9.55 Å². The quantitative estimate of drug-likeness (QED) is 0.823. The van der Waals surface area contributed by atoms with Crippen LogP contribution in [0.3, 0.4) is 0 Å². The van der Waals surface area contributed by atoms with Crippen molar-refractivity contribution in [3.63, 3.8) is 0 Å². The number of benzene rings is 1. The van der Waals surface area contributed by atoms with Crippen molar-refractivity contribution in [2.45, 2.75) is 33.4 Å². The molecule has 0 aliphatic rings. The third kappa shape index (κ3) is 3.16. The molecule has 0 saturated carbocycles. The van der Waals surface area contributed by atoms with Gasteiger partial charge in [0.05, 0.1) is 24.8 Å². The van der Waals surface area contributed by atoms with Gasteiger partial charge in [-0.15, -0.1) is 0 Å². The fourth-order valence-corrected chi connectivity index (χ4v) is 2.32. The topological polar surface area (TPSA) is 39.2 Å². The third-order valence-electron chi connectivity index (χ3n) is 2.84. The fraction of sp³-hybridized carbons (Fsp3) is 0.500. The van der Waals surface area contributed by atoms with E-state index in [2.05, 4.69) is 9.55 Å². The van der Waals surface area contributed by atoms with E-state index in [4.69, 9.17) is 21.7 Å². The van der Waals surface area contributed by atoms with Crippen LogP contribution >= 0.6 is 12.2 Å². The van der Waals surface area contributed by atoms with Crippen LogP contribution in [-0.2, 0) is 11.3 Å². The Morgan fingerprint density at radius 2 is 2.16 bits per heavy atom. The number of aromatic nitrogens is 2. The molecule has 1 heterocycles. The Balaban J connectivity index is 2.31. The summed E-state index contributed by atoms with van der Waals surface area (Å²) in [4.78, 5) is 3.22. The minimum absolute atomic E-state index is 0.235. The Hall–Kier alpha value is -1.33. The van der Waals surface area contributed by atoms with Crippen LogP contribution in [0.5, 0.6) is 5.75 Å². The molecule has 0 saturated heterocycles. The van der Waals surface area contributed by atoms with Crippen LogP contribution in [0.15, 0.2) is 18.2 Å². The molecule has 0 radical (unpaired) electrons. The van der Waals surface area contributed by atoms with Crippen molar-refractivity contribution < 1.29 is 9.47 Å². The SMILES string of the molecule is CCOc1cccc2c1[nH]c(=S)n2CCOC(C)C. The van der Waals surface area contributed by atoms with Gasteiger partial charge >= 0.3 is 0 Å². The molecular formula is C14H20N2O2S. The van der Waals surface area contributed by atoms with Gasteiger partial charge in [-0.25, -0.2) is 0 Å². The number of fused-ring (bicyclic) bond motifs is 1. The lowest BCUT2D eigenvalue weighted by atomic mass is 10.3. The molecule has 0 unspecified atom stereocenters. The van der Waals surface area contributed by atoms with Crippen LogP contribution in [0.4, 0.5) is 0 Å². The second-order valence-electron chi connectivity index (χ2n) is 4.58. The molecule has 1 N–H and O–H groups in total. The van der Waals surface area contributed by atoms with Crippen LogP contribution in [0.1, 0.15) is 20.8 Å². The second-order valence-corrected chi connectivity index (χ2v) is 4.97. The maximum atomic E-state index is 5.61. The lowest BCUT2D eigenvalue weighted by Crippen LogP contribution is -2.10. The Labute approximate surface area is 118 Å². The van der Waals surface area contributed by atoms with Gasteiger partial charge < -0.3 is 19.0 Å². The number of nitrogens with one attached hydrogen (secondary N) is 1. The van der Waals surface area contributed by atoms with E-state index in [1.807, 2.05) is 39.0 Å². The van der Waals surface area contributed by atoms with Gasteiger partial charge in [0.15, 0.2) is 4.77 Å². The van der Waals surface area contributed by atoms with E-state index < -0.39 is 0 Å². The fourth-order valence-electron chi connectivity index (χ4n) is 2.03. The van der Waals surface area contributed by atoms with Crippen molar-refractivity contribution in [2.75, 3.05) is 13.2 Å². The molecule has 0 spiro atoms. The summed E-state index contributed by atoms with van der Waals surface area (Å²) in [5.74, 6) is 0.842. The molecule has 0 atom stereocenters. The minimum Gasteiger partial charge on any atom is -0.492 e. The number of rotatable bonds is 6. The van der Waals surface area contributed by atoms with Crippen LogP contribution < -0.4 is 4.74 Å². The summed E-state index contributed by atoms with van der Waals surface area (Å²) in [6.45, 7) is 8.07. The Morgan fingerprint density at radius 3 is 2.84 bits per heavy atom. The maximum Gasteiger partial charge on any atom is 0.178 e. The molecule has 1 aromatic carbocycles. The minimum atomic E-state index is 0.235. The summed E-state index contributed by atoms with van der Waals surface area (Å²) in [5, 5.41) is 0. The highest BCUT2D eigenvalue weighted by molar-refractivity contribution is 7.71. The molecular weight excluding hydrogens is 260 g/mol. The van der Waals surface area contributed by atoms with E-state index >= 15 is 0 Å². The average Bonchev–Trinajstić information content (AvgIpc) is 2.67. The number of hydrogen-bond donors (Lipinski definition) is 1. The number of H-pyrrole nitrogens is 1. The van der Waals surface area contributed by atoms with Gasteiger partial charge in [-0.2, -0.15) is 0 Å². The lowest BCUT2D eigenvalue weighted by molar-refractivity contribution is 0.0731. The summed E-state index contributed by atoms with van der Waals surface area (Å²) in [5.41, 5.74) is 2.02. The summed E-state index contributed by atoms with van der Waals surface area (Å²) in [7, 11) is 0. The van der Waals surface area contributed by atoms with Gasteiger partial charge in [0.1, 0.15) is 11.3 Å². The number of imidazole rings is 1. The monoisotopic (exact) mass is 280 g/mol. The standard InChI is InChI=1S/C14H20N2O2S/c1-4-17-12-7-5-6-11-13(12)15-14(19)16(11)8-9-18-10(2)3/h5-7,10H,4,8-9H2,1-3H3,(H,15,19). The second kappa shape index (κ2) is 6.21. The van der Waals surface area contributed by atoms with Gasteiger partial charge in [0.2, 0.25) is 0 Å². The predicted molar refractivity (Wildman–Crippen MR) is 79.4 cm³/mol. The molecule has 0 fully saturated rings. The first-order valence-electron chi connectivity index (χ1n) is 6.59. The Morgan fingerprint density at radius 1 is 1.37 bits per heavy atom. The highest BCUT2D eigenvalue weighted by Gasteiger charge is 2.09. The summed E-state index contributed by atoms with van der Waals surface area (Å²) in [6.07, 6.45) is 0.235. The van der Waals surface area contributed by atoms with Gasteiger partial charge in [0, 0.05) is 6.54 Å². The van der Waals surface area contributed by atoms with E-state index in [-0.39, 0.29) is 6.10 Å². The third-order valence-corrected chi connectivity index (χ3v) is 3.16. The smallest absolute Gasteiger partial charge is 0.178 e. The van der Waals surface area contributed by atoms with Crippen molar-refractivity contribution in [1.29, 1.82) is 0 Å². The highest BCUT2D eigenvalue weighted by Crippen LogP contribution is 2.24. The largest absolute Gasteiger partial charge is 0.492 e. The molecule has 19 heavy (non-hydrogen) atoms. The summed E-state index contributed by atoms with van der Waals surface area (Å²) in [6, 6.07) is 5.97. The van der Waals surface area contributed by atoms with E-state index in [0.717, 1.165) is 23.3 Å². The molecule has 5 heteroatoms. The first kappa shape index (κ1) is 14.1. The zero-order chi connectivity index (χ0) is 13.8. The van der Waals surface area contributed by atoms with E-state index in [1.165, 1.54) is 0 Å². The number of para-hydroxylation sites is 1. The van der Waals surface area contributed by atoms with Gasteiger partial charge in [-0.3, -0.25) is 0 Å². The molecule has 0 aliphatic heterocycles. The van der Waals surface area contributed by atoms with Crippen LogP contribution in [0.25, 0.3) is 11.0 Å². The lowest BCUT2D eigenvalue weighted by Gasteiger charge is -2.09. The van der Waals surface area contributed by atoms with Crippen LogP contribution in [0, 0.1) is 4.77 Å². The zero-order valence-electron chi connectivity index (χ0n) is 11.6. The normalized spacial score (nSPS) is 11.4. The number of aromatic amines is 1. The van der Waals surface area contributed by atoms with Crippen molar-refractivity contribution in [3.05, 3.63) is 23.0 Å². The molecule has 1 aromatic heterocycles. The summed E-state index contributed by atoms with van der Waals surface area (Å²) >= 11 is 5.37. The molecule has 104 valence electrons. The Kier molecular flexibility index (Phi) is 4.61. The molecule has 2 rings (SSSR count). The summed E-state index contributed by atoms with van der Waals surface area (Å²) < 4.78 is 13.9. The van der Waals surface area contributed by atoms with Crippen molar-refractivity contribution in [3.8, 4) is 5.75 Å². The molecule has 4 nitrogen and oxygen atoms in total. The van der Waals surface area contributed by atoms with Gasteiger partial charge in [0.25, 0.3) is 0 Å². The molecule has 0 amide bonds. The molecule has 0 aliphatic carbocycles. The predicted octanol–water partition coefficient (Wildman–Crippen LogP) is 3.52. The Bertz CT molecular complexity index is 601. The molecule has 2 aromatic rings. The van der Waals surface area contributed by atoms with Gasteiger partial charge in [-0.1, -0.05) is 6.07 Å². The highest BCUT2D eigenvalue weighted by atomic mass is 32.1. The van der Waals surface area contributed by atoms with Crippen molar-refractivity contribution >= 4 is 23.3 Å². The maximum absolute atomic E-state index is 5.61. The van der Waals surface area contributed by atoms with Crippen molar-refractivity contribution in [2.24, 2.45) is 0 Å². The first-order chi connectivity index (χ1) is 9.13. The number of nitrogens with zero attached hydrogens (tertiary/aromatic N) is 1. The number of hydrogen-bond acceptors (Lipinski definition) is 3. The number of ether oxygens (including phenoxy) is 2. The van der Waals surface area contributed by atoms with E-state index in [1.54, 1.807) is 0 Å². The van der Waals surface area contributed by atoms with Gasteiger partial charge in [-0.05, 0) is 45.1 Å². The van der Waals surface area contributed by atoms with Crippen LogP contribution in [0.2, 0.25) is 0 Å².